The van der Waals surface area contributed by atoms with Crippen LogP contribution in [0.5, 0.6) is 0 Å². The maximum Gasteiger partial charge on any atom is 0.179 e. The van der Waals surface area contributed by atoms with Gasteiger partial charge >= 0.3 is 0 Å². The molecule has 3 nitrogen and oxygen atoms in total. The van der Waals surface area contributed by atoms with E-state index in [1.807, 2.05) is 0 Å². The minimum absolute atomic E-state index is 1.12. The van der Waals surface area contributed by atoms with Crippen LogP contribution in [-0.4, -0.2) is 21.8 Å². The van der Waals surface area contributed by atoms with Crippen molar-refractivity contribution < 1.29 is 0 Å². The molecule has 0 saturated carbocycles. The zero-order valence-electron chi connectivity index (χ0n) is 38.3. The van der Waals surface area contributed by atoms with E-state index in [-0.39, 0.29) is 0 Å². The third kappa shape index (κ3) is 6.07. The average Bonchev–Trinajstić information content (AvgIpc) is 4.07. The van der Waals surface area contributed by atoms with Gasteiger partial charge < -0.3 is 13.7 Å². The van der Waals surface area contributed by atoms with Crippen LogP contribution in [0, 0.1) is 0 Å². The van der Waals surface area contributed by atoms with Crippen LogP contribution in [0.15, 0.2) is 273 Å². The van der Waals surface area contributed by atoms with Gasteiger partial charge in [0, 0.05) is 49.4 Å². The Bertz CT molecular complexity index is 4180. The molecule has 0 radical (unpaired) electrons. The van der Waals surface area contributed by atoms with Crippen molar-refractivity contribution in [3.05, 3.63) is 273 Å². The predicted molar refractivity (Wildman–Crippen MR) is 299 cm³/mol. The highest BCUT2D eigenvalue weighted by atomic mass is 28.3. The Balaban J connectivity index is 0.976. The molecular formula is C66H45N3Si. The SMILES string of the molecule is c1ccc(-c2ccc3c4ccccc4n(-c4ccc5c(c4)c4ccccc4n5-c4ccc5c6ccccc6n(-c6cccc([Si](c7ccccc7)(c7ccccc7)c7ccccc7)c6)c5c4)c3c2)cc1. The Morgan fingerprint density at radius 2 is 0.586 bits per heavy atom. The molecule has 0 saturated heterocycles. The van der Waals surface area contributed by atoms with Crippen molar-refractivity contribution >= 4 is 94.2 Å². The first kappa shape index (κ1) is 40.1. The number of benzene rings is 11. The molecule has 0 aliphatic rings. The van der Waals surface area contributed by atoms with Crippen molar-refractivity contribution in [3.63, 3.8) is 0 Å². The highest BCUT2D eigenvalue weighted by Gasteiger charge is 2.41. The van der Waals surface area contributed by atoms with Gasteiger partial charge in [0.05, 0.1) is 33.1 Å². The highest BCUT2D eigenvalue weighted by Crippen LogP contribution is 2.40. The summed E-state index contributed by atoms with van der Waals surface area (Å²) in [6.07, 6.45) is 0. The average molecular weight is 908 g/mol. The van der Waals surface area contributed by atoms with Gasteiger partial charge in [0.1, 0.15) is 0 Å². The van der Waals surface area contributed by atoms with Gasteiger partial charge in [-0.25, -0.2) is 0 Å². The molecule has 0 spiro atoms. The molecular weight excluding hydrogens is 863 g/mol. The molecule has 0 unspecified atom stereocenters. The van der Waals surface area contributed by atoms with Crippen molar-refractivity contribution in [1.29, 1.82) is 0 Å². The molecule has 14 aromatic rings. The molecule has 4 heteroatoms. The first-order chi connectivity index (χ1) is 34.7. The summed E-state index contributed by atoms with van der Waals surface area (Å²) in [6, 6.07) is 101. The summed E-state index contributed by atoms with van der Waals surface area (Å²) in [5.74, 6) is 0. The summed E-state index contributed by atoms with van der Waals surface area (Å²) in [5, 5.41) is 12.8. The van der Waals surface area contributed by atoms with Crippen LogP contribution in [0.1, 0.15) is 0 Å². The van der Waals surface area contributed by atoms with E-state index in [1.165, 1.54) is 97.3 Å². The predicted octanol–water partition coefficient (Wildman–Crippen LogP) is 14.0. The van der Waals surface area contributed by atoms with Crippen molar-refractivity contribution in [3.8, 4) is 28.2 Å². The van der Waals surface area contributed by atoms with Crippen LogP contribution >= 0.6 is 0 Å². The fourth-order valence-electron chi connectivity index (χ4n) is 11.8. The van der Waals surface area contributed by atoms with Crippen molar-refractivity contribution in [2.24, 2.45) is 0 Å². The maximum absolute atomic E-state index is 2.79. The van der Waals surface area contributed by atoms with Gasteiger partial charge in [0.2, 0.25) is 0 Å². The van der Waals surface area contributed by atoms with E-state index >= 15 is 0 Å². The summed E-state index contributed by atoms with van der Waals surface area (Å²) in [5.41, 5.74) is 12.9. The lowest BCUT2D eigenvalue weighted by Gasteiger charge is -2.34. The molecule has 0 aliphatic heterocycles. The second-order valence-corrected chi connectivity index (χ2v) is 22.3. The largest absolute Gasteiger partial charge is 0.309 e. The molecule has 0 fully saturated rings. The lowest BCUT2D eigenvalue weighted by atomic mass is 10.0. The van der Waals surface area contributed by atoms with Crippen LogP contribution in [-0.2, 0) is 0 Å². The Morgan fingerprint density at radius 3 is 1.16 bits per heavy atom. The van der Waals surface area contributed by atoms with Crippen molar-refractivity contribution in [2.75, 3.05) is 0 Å². The number of hydrogen-bond donors (Lipinski definition) is 0. The smallest absolute Gasteiger partial charge is 0.179 e. The molecule has 0 atom stereocenters. The van der Waals surface area contributed by atoms with Crippen LogP contribution in [0.2, 0.25) is 0 Å². The first-order valence-corrected chi connectivity index (χ1v) is 26.2. The monoisotopic (exact) mass is 907 g/mol. The van der Waals surface area contributed by atoms with Gasteiger partial charge in [-0.1, -0.05) is 206 Å². The normalized spacial score (nSPS) is 12.0. The molecule has 70 heavy (non-hydrogen) atoms. The van der Waals surface area contributed by atoms with Gasteiger partial charge in [-0.2, -0.15) is 0 Å². The molecule has 3 aromatic heterocycles. The Labute approximate surface area is 407 Å². The van der Waals surface area contributed by atoms with Crippen LogP contribution in [0.3, 0.4) is 0 Å². The van der Waals surface area contributed by atoms with E-state index in [0.29, 0.717) is 0 Å². The van der Waals surface area contributed by atoms with Crippen LogP contribution in [0.25, 0.3) is 93.6 Å². The summed E-state index contributed by atoms with van der Waals surface area (Å²) < 4.78 is 7.41. The molecule has 14 rings (SSSR count). The second kappa shape index (κ2) is 16.1. The van der Waals surface area contributed by atoms with E-state index in [0.717, 1.165) is 17.1 Å². The third-order valence-electron chi connectivity index (χ3n) is 14.8. The quantitative estimate of drug-likeness (QED) is 0.107. The van der Waals surface area contributed by atoms with Crippen LogP contribution in [0.4, 0.5) is 0 Å². The lowest BCUT2D eigenvalue weighted by Crippen LogP contribution is -2.74. The highest BCUT2D eigenvalue weighted by molar-refractivity contribution is 7.19. The summed E-state index contributed by atoms with van der Waals surface area (Å²) in [4.78, 5) is 0. The number of aromatic nitrogens is 3. The topological polar surface area (TPSA) is 14.8 Å². The van der Waals surface area contributed by atoms with E-state index in [4.69, 9.17) is 0 Å². The van der Waals surface area contributed by atoms with Gasteiger partial charge in [0.15, 0.2) is 8.07 Å². The minimum atomic E-state index is -2.79. The summed E-state index contributed by atoms with van der Waals surface area (Å²) in [6.45, 7) is 0. The first-order valence-electron chi connectivity index (χ1n) is 24.2. The number of nitrogens with zero attached hydrogens (tertiary/aromatic N) is 3. The van der Waals surface area contributed by atoms with Gasteiger partial charge in [-0.05, 0) is 98.6 Å². The molecule has 328 valence electrons. The van der Waals surface area contributed by atoms with E-state index in [1.54, 1.807) is 0 Å². The fraction of sp³-hybridized carbons (Fsp3) is 0. The standard InChI is InChI=1S/C66H45N3Si/c1-5-20-46(21-6-1)47-36-39-58-55-30-13-17-34-62(55)69(65(58)42-47)49-38-41-64-60(44-49)57-32-15-18-35-63(57)67(64)50-37-40-59-56-31-14-16-33-61(56)68(66(59)45-50)48-22-19-29-54(43-48)70(51-23-7-2-8-24-51,52-25-9-3-10-26-52)53-27-11-4-12-28-53/h1-45H. The molecule has 0 bridgehead atoms. The lowest BCUT2D eigenvalue weighted by molar-refractivity contribution is 1.15. The minimum Gasteiger partial charge on any atom is -0.309 e. The summed E-state index contributed by atoms with van der Waals surface area (Å²) in [7, 11) is -2.79. The molecule has 11 aromatic carbocycles. The maximum atomic E-state index is 2.50. The summed E-state index contributed by atoms with van der Waals surface area (Å²) >= 11 is 0. The molecule has 0 amide bonds. The number of hydrogen-bond acceptors (Lipinski definition) is 0. The number of para-hydroxylation sites is 3. The van der Waals surface area contributed by atoms with E-state index in [2.05, 4.69) is 287 Å². The van der Waals surface area contributed by atoms with Crippen molar-refractivity contribution in [2.45, 2.75) is 0 Å². The van der Waals surface area contributed by atoms with Gasteiger partial charge in [-0.3, -0.25) is 0 Å². The van der Waals surface area contributed by atoms with Gasteiger partial charge in [-0.15, -0.1) is 0 Å². The van der Waals surface area contributed by atoms with E-state index in [9.17, 15) is 0 Å². The Morgan fingerprint density at radius 1 is 0.200 bits per heavy atom. The Hall–Kier alpha value is -8.96. The fourth-order valence-corrected chi connectivity index (χ4v) is 16.5. The molecule has 3 heterocycles. The third-order valence-corrected chi connectivity index (χ3v) is 19.5. The zero-order chi connectivity index (χ0) is 46.2. The molecule has 0 aliphatic carbocycles. The Kier molecular flexibility index (Phi) is 9.23. The van der Waals surface area contributed by atoms with Gasteiger partial charge in [0.25, 0.3) is 0 Å². The van der Waals surface area contributed by atoms with Crippen LogP contribution < -0.4 is 20.7 Å². The van der Waals surface area contributed by atoms with Crippen molar-refractivity contribution in [1.82, 2.24) is 13.7 Å². The van der Waals surface area contributed by atoms with E-state index < -0.39 is 8.07 Å². The zero-order valence-corrected chi connectivity index (χ0v) is 39.3. The second-order valence-electron chi connectivity index (χ2n) is 18.5. The molecule has 0 N–H and O–H groups in total. The number of fused-ring (bicyclic) bond motifs is 9. The number of rotatable bonds is 8.